The van der Waals surface area contributed by atoms with E-state index in [0.717, 1.165) is 0 Å². The predicted molar refractivity (Wildman–Crippen MR) is 34.5 cm³/mol. The highest BCUT2D eigenvalue weighted by atomic mass is 19.1. The van der Waals surface area contributed by atoms with Crippen molar-refractivity contribution in [2.45, 2.75) is 6.92 Å². The smallest absolute Gasteiger partial charge is 0.126 e. The summed E-state index contributed by atoms with van der Waals surface area (Å²) in [7, 11) is 0. The first-order valence-electron chi connectivity index (χ1n) is 2.72. The van der Waals surface area contributed by atoms with E-state index in [0.29, 0.717) is 11.1 Å². The molecule has 1 aromatic carbocycles. The lowest BCUT2D eigenvalue weighted by atomic mass is 10.2. The summed E-state index contributed by atoms with van der Waals surface area (Å²) in [5.41, 5.74) is 1.10. The third kappa shape index (κ3) is 1.28. The average molecular weight is 122 g/mol. The van der Waals surface area contributed by atoms with Gasteiger partial charge in [0.25, 0.3) is 0 Å². The van der Waals surface area contributed by atoms with Gasteiger partial charge in [0.2, 0.25) is 0 Å². The van der Waals surface area contributed by atoms with Crippen LogP contribution >= 0.6 is 0 Å². The van der Waals surface area contributed by atoms with Gasteiger partial charge in [0.1, 0.15) is 5.82 Å². The molecule has 0 bridgehead atoms. The van der Waals surface area contributed by atoms with Crippen molar-refractivity contribution in [3.63, 3.8) is 0 Å². The fourth-order valence-electron chi connectivity index (χ4n) is 0.609. The van der Waals surface area contributed by atoms with Crippen molar-refractivity contribution >= 4 is 0 Å². The largest absolute Gasteiger partial charge is 0.207 e. The number of benzene rings is 1. The normalized spacial score (nSPS) is 9.67. The summed E-state index contributed by atoms with van der Waals surface area (Å²) in [6.07, 6.45) is 0. The number of halogens is 1. The molecule has 0 nitrogen and oxygen atoms in total. The van der Waals surface area contributed by atoms with E-state index in [9.17, 15) is 4.39 Å². The fourth-order valence-corrected chi connectivity index (χ4v) is 0.609. The third-order valence-electron chi connectivity index (χ3n) is 1.20. The third-order valence-corrected chi connectivity index (χ3v) is 1.20. The Bertz CT molecular complexity index is 216. The molecule has 2 radical (unpaired) electrons. The average Bonchev–Trinajstić information content (AvgIpc) is 1.80. The lowest BCUT2D eigenvalue weighted by Gasteiger charge is -1.94. The summed E-state index contributed by atoms with van der Waals surface area (Å²) in [4.78, 5) is 0. The molecule has 0 spiro atoms. The fraction of sp³-hybridized carbons (Fsp3) is 0.125. The molecule has 9 heavy (non-hydrogen) atoms. The molecule has 1 rings (SSSR count). The molecule has 1 aromatic rings. The zero-order valence-corrected chi connectivity index (χ0v) is 5.19. The van der Waals surface area contributed by atoms with Crippen molar-refractivity contribution in [3.8, 4) is 0 Å². The van der Waals surface area contributed by atoms with Gasteiger partial charge < -0.3 is 0 Å². The van der Waals surface area contributed by atoms with Crippen molar-refractivity contribution in [1.82, 2.24) is 0 Å². The van der Waals surface area contributed by atoms with Gasteiger partial charge >= 0.3 is 0 Å². The molecule has 0 N–H and O–H groups in total. The van der Waals surface area contributed by atoms with Crippen LogP contribution in [0.4, 0.5) is 4.39 Å². The number of rotatable bonds is 0. The molecule has 0 aliphatic carbocycles. The van der Waals surface area contributed by atoms with Gasteiger partial charge in [-0.25, -0.2) is 4.39 Å². The Labute approximate surface area is 54.3 Å². The van der Waals surface area contributed by atoms with Crippen LogP contribution in [-0.2, 0) is 0 Å². The van der Waals surface area contributed by atoms with E-state index in [2.05, 4.69) is 0 Å². The van der Waals surface area contributed by atoms with Crippen LogP contribution < -0.4 is 0 Å². The first kappa shape index (κ1) is 6.27. The summed E-state index contributed by atoms with van der Waals surface area (Å²) in [6.45, 7) is 6.99. The van der Waals surface area contributed by atoms with Crippen LogP contribution in [0.2, 0.25) is 0 Å². The van der Waals surface area contributed by atoms with Crippen LogP contribution in [0.5, 0.6) is 0 Å². The summed E-state index contributed by atoms with van der Waals surface area (Å²) in [5, 5.41) is 0. The quantitative estimate of drug-likeness (QED) is 0.494. The minimum absolute atomic E-state index is 0.241. The predicted octanol–water partition coefficient (Wildman–Crippen LogP) is 2.19. The molecule has 0 heterocycles. The highest BCUT2D eigenvalue weighted by molar-refractivity contribution is 5.24. The van der Waals surface area contributed by atoms with E-state index in [-0.39, 0.29) is 5.82 Å². The maximum atomic E-state index is 12.5. The molecular weight excluding hydrogens is 115 g/mol. The maximum Gasteiger partial charge on any atom is 0.126 e. The Morgan fingerprint density at radius 3 is 2.56 bits per heavy atom. The molecule has 0 aliphatic heterocycles. The van der Waals surface area contributed by atoms with E-state index in [1.54, 1.807) is 19.1 Å². The van der Waals surface area contributed by atoms with Crippen LogP contribution in [0.15, 0.2) is 18.2 Å². The zero-order chi connectivity index (χ0) is 6.85. The van der Waals surface area contributed by atoms with E-state index in [4.69, 9.17) is 6.92 Å². The van der Waals surface area contributed by atoms with Crippen molar-refractivity contribution < 1.29 is 4.39 Å². The molecule has 1 heteroatoms. The number of aryl methyl sites for hydroxylation is 1. The van der Waals surface area contributed by atoms with Crippen LogP contribution in [0.1, 0.15) is 11.1 Å². The van der Waals surface area contributed by atoms with E-state index in [1.807, 2.05) is 0 Å². The van der Waals surface area contributed by atoms with Crippen molar-refractivity contribution in [2.75, 3.05) is 0 Å². The van der Waals surface area contributed by atoms with Gasteiger partial charge in [0.15, 0.2) is 0 Å². The van der Waals surface area contributed by atoms with Crippen molar-refractivity contribution in [3.05, 3.63) is 42.1 Å². The SMILES string of the molecule is [CH]c1ccc(C)c(F)c1. The second-order valence-corrected chi connectivity index (χ2v) is 2.01. The molecule has 0 fully saturated rings. The van der Waals surface area contributed by atoms with E-state index < -0.39 is 0 Å². The van der Waals surface area contributed by atoms with Crippen LogP contribution in [-0.4, -0.2) is 0 Å². The highest BCUT2D eigenvalue weighted by Crippen LogP contribution is 2.06. The molecule has 0 aromatic heterocycles. The number of hydrogen-bond donors (Lipinski definition) is 0. The molecular formula is C8H7F. The summed E-state index contributed by atoms with van der Waals surface area (Å²) in [6, 6.07) is 4.65. The van der Waals surface area contributed by atoms with Crippen molar-refractivity contribution in [1.29, 1.82) is 0 Å². The first-order valence-corrected chi connectivity index (χ1v) is 2.72. The second-order valence-electron chi connectivity index (χ2n) is 2.01. The van der Waals surface area contributed by atoms with Crippen LogP contribution in [0.25, 0.3) is 0 Å². The zero-order valence-electron chi connectivity index (χ0n) is 5.19. The Morgan fingerprint density at radius 2 is 2.11 bits per heavy atom. The first-order chi connectivity index (χ1) is 4.20. The highest BCUT2D eigenvalue weighted by Gasteiger charge is 1.93. The summed E-state index contributed by atoms with van der Waals surface area (Å²) < 4.78 is 12.5. The molecule has 0 atom stereocenters. The topological polar surface area (TPSA) is 0 Å². The summed E-state index contributed by atoms with van der Waals surface area (Å²) in [5.74, 6) is -0.241. The maximum absolute atomic E-state index is 12.5. The second kappa shape index (κ2) is 2.18. The molecule has 0 saturated heterocycles. The van der Waals surface area contributed by atoms with E-state index >= 15 is 0 Å². The van der Waals surface area contributed by atoms with E-state index in [1.165, 1.54) is 6.07 Å². The molecule has 0 aliphatic rings. The minimum atomic E-state index is -0.241. The van der Waals surface area contributed by atoms with Gasteiger partial charge in [-0.15, -0.1) is 0 Å². The van der Waals surface area contributed by atoms with Gasteiger partial charge in [-0.3, -0.25) is 0 Å². The minimum Gasteiger partial charge on any atom is -0.207 e. The molecule has 0 unspecified atom stereocenters. The standard InChI is InChI=1S/C8H7F/c1-6-3-4-7(2)8(9)5-6/h1,3-5H,2H3. The lowest BCUT2D eigenvalue weighted by molar-refractivity contribution is 0.618. The van der Waals surface area contributed by atoms with Crippen LogP contribution in [0.3, 0.4) is 0 Å². The van der Waals surface area contributed by atoms with Gasteiger partial charge in [-0.1, -0.05) is 12.1 Å². The Balaban J connectivity index is 3.17. The van der Waals surface area contributed by atoms with Gasteiger partial charge in [0.05, 0.1) is 0 Å². The molecule has 0 amide bonds. The summed E-state index contributed by atoms with van der Waals surface area (Å²) >= 11 is 0. The Morgan fingerprint density at radius 1 is 1.44 bits per heavy atom. The Kier molecular flexibility index (Phi) is 1.52. The molecule has 46 valence electrons. The Hall–Kier alpha value is -0.850. The monoisotopic (exact) mass is 122 g/mol. The van der Waals surface area contributed by atoms with Crippen LogP contribution in [0, 0.1) is 19.7 Å². The van der Waals surface area contributed by atoms with Gasteiger partial charge in [-0.05, 0) is 31.0 Å². The number of hydrogen-bond acceptors (Lipinski definition) is 0. The van der Waals surface area contributed by atoms with Crippen molar-refractivity contribution in [2.24, 2.45) is 0 Å². The molecule has 0 saturated carbocycles. The van der Waals surface area contributed by atoms with Gasteiger partial charge in [0, 0.05) is 0 Å². The van der Waals surface area contributed by atoms with Gasteiger partial charge in [-0.2, -0.15) is 0 Å². The lowest BCUT2D eigenvalue weighted by Crippen LogP contribution is -1.81.